The average molecular weight is 370 g/mol. The fourth-order valence-corrected chi connectivity index (χ4v) is 2.49. The van der Waals surface area contributed by atoms with E-state index in [1.807, 2.05) is 42.5 Å². The minimum Gasteiger partial charge on any atom is -0.497 e. The van der Waals surface area contributed by atoms with Gasteiger partial charge in [0, 0.05) is 27.1 Å². The number of guanidine groups is 1. The minimum absolute atomic E-state index is 0.143. The monoisotopic (exact) mass is 370 g/mol. The molecule has 2 rings (SSSR count). The summed E-state index contributed by atoms with van der Waals surface area (Å²) in [4.78, 5) is 15.6. The molecular weight excluding hydrogens is 344 g/mol. The summed E-state index contributed by atoms with van der Waals surface area (Å²) in [6.07, 6.45) is 0. The summed E-state index contributed by atoms with van der Waals surface area (Å²) in [5.74, 6) is 1.99. The van der Waals surface area contributed by atoms with Gasteiger partial charge in [0.25, 0.3) is 0 Å². The SMILES string of the molecule is CN=C(NCc1ccc(OC)cc1)NCc1ccc(OC)c(NC(C)=O)c1. The Labute approximate surface area is 159 Å². The van der Waals surface area contributed by atoms with Crippen molar-refractivity contribution < 1.29 is 14.3 Å². The topological polar surface area (TPSA) is 84.0 Å². The van der Waals surface area contributed by atoms with Crippen molar-refractivity contribution in [3.05, 3.63) is 53.6 Å². The van der Waals surface area contributed by atoms with Crippen LogP contribution in [0.25, 0.3) is 0 Å². The number of nitrogens with zero attached hydrogens (tertiary/aromatic N) is 1. The van der Waals surface area contributed by atoms with Crippen LogP contribution in [0.3, 0.4) is 0 Å². The summed E-state index contributed by atoms with van der Waals surface area (Å²) in [6, 6.07) is 13.5. The number of aliphatic imine (C=N–C) groups is 1. The van der Waals surface area contributed by atoms with E-state index in [0.29, 0.717) is 30.5 Å². The van der Waals surface area contributed by atoms with Crippen LogP contribution in [0.1, 0.15) is 18.1 Å². The molecule has 0 heterocycles. The van der Waals surface area contributed by atoms with Crippen molar-refractivity contribution in [2.45, 2.75) is 20.0 Å². The number of hydrogen-bond acceptors (Lipinski definition) is 4. The maximum absolute atomic E-state index is 11.3. The molecule has 7 heteroatoms. The molecule has 2 aromatic carbocycles. The molecule has 144 valence electrons. The molecule has 0 spiro atoms. The Morgan fingerprint density at radius 2 is 1.59 bits per heavy atom. The van der Waals surface area contributed by atoms with Gasteiger partial charge in [0.1, 0.15) is 11.5 Å². The van der Waals surface area contributed by atoms with Gasteiger partial charge in [-0.3, -0.25) is 9.79 Å². The zero-order chi connectivity index (χ0) is 19.6. The number of nitrogens with one attached hydrogen (secondary N) is 3. The van der Waals surface area contributed by atoms with Gasteiger partial charge in [0.15, 0.2) is 5.96 Å². The third-order valence-corrected chi connectivity index (χ3v) is 3.88. The fraction of sp³-hybridized carbons (Fsp3) is 0.300. The zero-order valence-electron chi connectivity index (χ0n) is 16.1. The molecule has 0 aliphatic heterocycles. The number of carbonyl (C=O) groups excluding carboxylic acids is 1. The van der Waals surface area contributed by atoms with Crippen molar-refractivity contribution in [1.29, 1.82) is 0 Å². The first-order valence-electron chi connectivity index (χ1n) is 8.57. The number of rotatable bonds is 7. The van der Waals surface area contributed by atoms with E-state index in [2.05, 4.69) is 20.9 Å². The average Bonchev–Trinajstić information content (AvgIpc) is 2.68. The van der Waals surface area contributed by atoms with Crippen LogP contribution in [0.2, 0.25) is 0 Å². The molecule has 0 atom stereocenters. The van der Waals surface area contributed by atoms with Crippen molar-refractivity contribution in [1.82, 2.24) is 10.6 Å². The molecule has 3 N–H and O–H groups in total. The Balaban J connectivity index is 1.93. The molecule has 0 saturated carbocycles. The van der Waals surface area contributed by atoms with Crippen molar-refractivity contribution in [3.63, 3.8) is 0 Å². The Kier molecular flexibility index (Phi) is 7.49. The first-order valence-corrected chi connectivity index (χ1v) is 8.57. The first-order chi connectivity index (χ1) is 13.0. The zero-order valence-corrected chi connectivity index (χ0v) is 16.1. The second-order valence-electron chi connectivity index (χ2n) is 5.84. The summed E-state index contributed by atoms with van der Waals surface area (Å²) in [5.41, 5.74) is 2.76. The van der Waals surface area contributed by atoms with Gasteiger partial charge in [-0.2, -0.15) is 0 Å². The quantitative estimate of drug-likeness (QED) is 0.515. The van der Waals surface area contributed by atoms with Crippen molar-refractivity contribution >= 4 is 17.6 Å². The number of anilines is 1. The van der Waals surface area contributed by atoms with Gasteiger partial charge in [0.2, 0.25) is 5.91 Å². The molecule has 0 aromatic heterocycles. The van der Waals surface area contributed by atoms with Crippen LogP contribution in [0.15, 0.2) is 47.5 Å². The van der Waals surface area contributed by atoms with Crippen LogP contribution >= 0.6 is 0 Å². The van der Waals surface area contributed by atoms with Gasteiger partial charge in [-0.25, -0.2) is 0 Å². The van der Waals surface area contributed by atoms with E-state index in [1.54, 1.807) is 21.3 Å². The molecule has 0 bridgehead atoms. The van der Waals surface area contributed by atoms with E-state index >= 15 is 0 Å². The van der Waals surface area contributed by atoms with Crippen LogP contribution in [0.4, 0.5) is 5.69 Å². The number of benzene rings is 2. The third-order valence-electron chi connectivity index (χ3n) is 3.88. The Morgan fingerprint density at radius 1 is 0.963 bits per heavy atom. The van der Waals surface area contributed by atoms with Crippen LogP contribution < -0.4 is 25.4 Å². The summed E-state index contributed by atoms with van der Waals surface area (Å²) in [7, 11) is 4.94. The van der Waals surface area contributed by atoms with E-state index in [4.69, 9.17) is 9.47 Å². The highest BCUT2D eigenvalue weighted by molar-refractivity contribution is 5.90. The molecule has 0 aliphatic carbocycles. The third kappa shape index (κ3) is 6.22. The molecule has 7 nitrogen and oxygen atoms in total. The molecule has 0 fully saturated rings. The maximum Gasteiger partial charge on any atom is 0.221 e. The van der Waals surface area contributed by atoms with Gasteiger partial charge in [0.05, 0.1) is 19.9 Å². The van der Waals surface area contributed by atoms with Crippen molar-refractivity contribution in [2.75, 3.05) is 26.6 Å². The highest BCUT2D eigenvalue weighted by Crippen LogP contribution is 2.25. The number of carbonyl (C=O) groups is 1. The van der Waals surface area contributed by atoms with E-state index in [9.17, 15) is 4.79 Å². The van der Waals surface area contributed by atoms with E-state index in [0.717, 1.165) is 16.9 Å². The van der Waals surface area contributed by atoms with Crippen LogP contribution in [0, 0.1) is 0 Å². The lowest BCUT2D eigenvalue weighted by atomic mass is 10.2. The normalized spacial score (nSPS) is 10.9. The first kappa shape index (κ1) is 20.1. The molecule has 1 amide bonds. The summed E-state index contributed by atoms with van der Waals surface area (Å²) >= 11 is 0. The highest BCUT2D eigenvalue weighted by Gasteiger charge is 2.07. The minimum atomic E-state index is -0.143. The largest absolute Gasteiger partial charge is 0.497 e. The van der Waals surface area contributed by atoms with Gasteiger partial charge >= 0.3 is 0 Å². The lowest BCUT2D eigenvalue weighted by molar-refractivity contribution is -0.114. The van der Waals surface area contributed by atoms with E-state index < -0.39 is 0 Å². The lowest BCUT2D eigenvalue weighted by Gasteiger charge is -2.14. The molecule has 27 heavy (non-hydrogen) atoms. The summed E-state index contributed by atoms with van der Waals surface area (Å²) in [6.45, 7) is 2.66. The maximum atomic E-state index is 11.3. The van der Waals surface area contributed by atoms with E-state index in [1.165, 1.54) is 6.92 Å². The molecule has 0 radical (unpaired) electrons. The molecular formula is C20H26N4O3. The van der Waals surface area contributed by atoms with Gasteiger partial charge in [-0.15, -0.1) is 0 Å². The Bertz CT molecular complexity index is 788. The lowest BCUT2D eigenvalue weighted by Crippen LogP contribution is -2.36. The predicted octanol–water partition coefficient (Wildman–Crippen LogP) is 2.53. The van der Waals surface area contributed by atoms with Crippen LogP contribution in [-0.4, -0.2) is 33.1 Å². The van der Waals surface area contributed by atoms with Gasteiger partial charge in [-0.1, -0.05) is 18.2 Å². The summed E-state index contributed by atoms with van der Waals surface area (Å²) in [5, 5.41) is 9.30. The van der Waals surface area contributed by atoms with Crippen LogP contribution in [-0.2, 0) is 17.9 Å². The molecule has 2 aromatic rings. The standard InChI is InChI=1S/C20H26N4O3/c1-14(25)24-18-11-16(7-10-19(18)27-4)13-23-20(21-2)22-12-15-5-8-17(26-3)9-6-15/h5-11H,12-13H2,1-4H3,(H,24,25)(H2,21,22,23). The number of ether oxygens (including phenoxy) is 2. The van der Waals surface area contributed by atoms with Crippen molar-refractivity contribution in [3.8, 4) is 11.5 Å². The molecule has 0 saturated heterocycles. The highest BCUT2D eigenvalue weighted by atomic mass is 16.5. The Morgan fingerprint density at radius 3 is 2.15 bits per heavy atom. The molecule has 0 aliphatic rings. The number of hydrogen-bond donors (Lipinski definition) is 3. The predicted molar refractivity (Wildman–Crippen MR) is 107 cm³/mol. The summed E-state index contributed by atoms with van der Waals surface area (Å²) < 4.78 is 10.4. The number of amides is 1. The van der Waals surface area contributed by atoms with Crippen molar-refractivity contribution in [2.24, 2.45) is 4.99 Å². The van der Waals surface area contributed by atoms with E-state index in [-0.39, 0.29) is 5.91 Å². The van der Waals surface area contributed by atoms with Gasteiger partial charge < -0.3 is 25.4 Å². The van der Waals surface area contributed by atoms with Gasteiger partial charge in [-0.05, 0) is 35.4 Å². The fourth-order valence-electron chi connectivity index (χ4n) is 2.49. The van der Waals surface area contributed by atoms with Crippen LogP contribution in [0.5, 0.6) is 11.5 Å². The second-order valence-corrected chi connectivity index (χ2v) is 5.84. The number of methoxy groups -OCH3 is 2. The molecule has 0 unspecified atom stereocenters. The Hall–Kier alpha value is -3.22. The second kappa shape index (κ2) is 10.1. The smallest absolute Gasteiger partial charge is 0.221 e.